The lowest BCUT2D eigenvalue weighted by atomic mass is 9.75. The third-order valence-corrected chi connectivity index (χ3v) is 7.35. The lowest BCUT2D eigenvalue weighted by Crippen LogP contribution is -2.61. The molecule has 0 aliphatic carbocycles. The first-order valence-electron chi connectivity index (χ1n) is 10.6. The Bertz CT molecular complexity index is 949. The number of carbonyl (C=O) groups is 1. The molecule has 2 bridgehead atoms. The van der Waals surface area contributed by atoms with Crippen LogP contribution in [0.15, 0.2) is 30.5 Å². The molecule has 7 rings (SSSR count). The molecule has 7 nitrogen and oxygen atoms in total. The van der Waals surface area contributed by atoms with E-state index in [1.54, 1.807) is 6.20 Å². The molecule has 7 heteroatoms. The van der Waals surface area contributed by atoms with Gasteiger partial charge in [0.05, 0.1) is 6.04 Å². The van der Waals surface area contributed by atoms with E-state index in [1.165, 1.54) is 18.4 Å². The molecule has 1 aromatic carbocycles. The number of amides is 1. The van der Waals surface area contributed by atoms with Gasteiger partial charge in [-0.15, -0.1) is 0 Å². The normalized spacial score (nSPS) is 31.9. The molecule has 152 valence electrons. The molecule has 4 fully saturated rings. The highest BCUT2D eigenvalue weighted by Crippen LogP contribution is 2.48. The summed E-state index contributed by atoms with van der Waals surface area (Å²) in [6.07, 6.45) is 4.15. The van der Waals surface area contributed by atoms with Crippen LogP contribution in [-0.2, 0) is 11.3 Å². The Kier molecular flexibility index (Phi) is 3.88. The van der Waals surface area contributed by atoms with Crippen LogP contribution < -0.4 is 9.47 Å². The summed E-state index contributed by atoms with van der Waals surface area (Å²) in [6, 6.07) is 8.94. The lowest BCUT2D eigenvalue weighted by molar-refractivity contribution is -0.136. The molecule has 6 heterocycles. The highest BCUT2D eigenvalue weighted by molar-refractivity contribution is 5.77. The van der Waals surface area contributed by atoms with E-state index in [1.807, 2.05) is 23.7 Å². The van der Waals surface area contributed by atoms with Crippen molar-refractivity contribution in [3.8, 4) is 11.5 Å². The van der Waals surface area contributed by atoms with Crippen molar-refractivity contribution < 1.29 is 14.3 Å². The minimum absolute atomic E-state index is 0.184. The van der Waals surface area contributed by atoms with Crippen molar-refractivity contribution in [3.05, 3.63) is 41.7 Å². The first kappa shape index (κ1) is 17.3. The fourth-order valence-corrected chi connectivity index (χ4v) is 5.92. The van der Waals surface area contributed by atoms with Crippen LogP contribution in [0.3, 0.4) is 0 Å². The standard InChI is InChI=1S/C22H26N4O3/c1-14-4-7-23-26(14)12-20(27)25-11-17(16-2-3-18-19(10-16)29-13-28-18)22-21(25)15-5-8-24(22)9-6-15/h2-4,7,10,15,17,21-22H,5-6,8-9,11-13H2,1H3/t17-,21+,22+/m1/s1. The summed E-state index contributed by atoms with van der Waals surface area (Å²) >= 11 is 0. The third kappa shape index (κ3) is 2.67. The molecule has 0 saturated carbocycles. The number of carbonyl (C=O) groups excluding carboxylic acids is 1. The summed E-state index contributed by atoms with van der Waals surface area (Å²) < 4.78 is 12.9. The second-order valence-corrected chi connectivity index (χ2v) is 8.75. The van der Waals surface area contributed by atoms with E-state index >= 15 is 0 Å². The van der Waals surface area contributed by atoms with Crippen molar-refractivity contribution in [1.29, 1.82) is 0 Å². The minimum Gasteiger partial charge on any atom is -0.454 e. The Morgan fingerprint density at radius 2 is 1.97 bits per heavy atom. The van der Waals surface area contributed by atoms with Gasteiger partial charge in [-0.1, -0.05) is 6.07 Å². The molecule has 4 saturated heterocycles. The van der Waals surface area contributed by atoms with Gasteiger partial charge in [0.25, 0.3) is 0 Å². The molecule has 0 unspecified atom stereocenters. The number of piperidine rings is 3. The minimum atomic E-state index is 0.184. The highest BCUT2D eigenvalue weighted by Gasteiger charge is 2.54. The number of hydrogen-bond acceptors (Lipinski definition) is 5. The van der Waals surface area contributed by atoms with Crippen molar-refractivity contribution in [2.75, 3.05) is 26.4 Å². The van der Waals surface area contributed by atoms with E-state index in [9.17, 15) is 4.79 Å². The van der Waals surface area contributed by atoms with Crippen molar-refractivity contribution in [1.82, 2.24) is 19.6 Å². The highest BCUT2D eigenvalue weighted by atomic mass is 16.7. The van der Waals surface area contributed by atoms with Gasteiger partial charge in [-0.05, 0) is 62.5 Å². The maximum absolute atomic E-state index is 13.4. The predicted molar refractivity (Wildman–Crippen MR) is 106 cm³/mol. The van der Waals surface area contributed by atoms with E-state index < -0.39 is 0 Å². The van der Waals surface area contributed by atoms with Gasteiger partial charge in [-0.2, -0.15) is 5.10 Å². The summed E-state index contributed by atoms with van der Waals surface area (Å²) in [5.41, 5.74) is 2.28. The van der Waals surface area contributed by atoms with Gasteiger partial charge in [0.1, 0.15) is 6.54 Å². The molecule has 0 spiro atoms. The number of benzene rings is 1. The van der Waals surface area contributed by atoms with Crippen molar-refractivity contribution in [2.45, 2.75) is 44.3 Å². The molecule has 2 aromatic rings. The first-order valence-corrected chi connectivity index (χ1v) is 10.6. The number of ether oxygens (including phenoxy) is 2. The molecule has 3 atom stereocenters. The van der Waals surface area contributed by atoms with E-state index in [0.717, 1.165) is 36.8 Å². The zero-order valence-electron chi connectivity index (χ0n) is 16.7. The fourth-order valence-electron chi connectivity index (χ4n) is 5.92. The monoisotopic (exact) mass is 394 g/mol. The van der Waals surface area contributed by atoms with Crippen LogP contribution in [0.4, 0.5) is 0 Å². The number of fused-ring (bicyclic) bond motifs is 3. The molecule has 29 heavy (non-hydrogen) atoms. The van der Waals surface area contributed by atoms with Crippen LogP contribution in [0.2, 0.25) is 0 Å². The Morgan fingerprint density at radius 1 is 1.14 bits per heavy atom. The quantitative estimate of drug-likeness (QED) is 0.797. The molecular formula is C22H26N4O3. The van der Waals surface area contributed by atoms with Gasteiger partial charge in [0.15, 0.2) is 11.5 Å². The van der Waals surface area contributed by atoms with Crippen LogP contribution in [0.1, 0.15) is 30.0 Å². The number of aromatic nitrogens is 2. The predicted octanol–water partition coefficient (Wildman–Crippen LogP) is 2.01. The lowest BCUT2D eigenvalue weighted by Gasteiger charge is -2.51. The van der Waals surface area contributed by atoms with E-state index in [2.05, 4.69) is 27.0 Å². The van der Waals surface area contributed by atoms with Gasteiger partial charge >= 0.3 is 0 Å². The zero-order valence-corrected chi connectivity index (χ0v) is 16.7. The van der Waals surface area contributed by atoms with Gasteiger partial charge in [0, 0.05) is 30.4 Å². The molecule has 5 aliphatic heterocycles. The number of likely N-dealkylation sites (tertiary alicyclic amines) is 1. The Morgan fingerprint density at radius 3 is 2.76 bits per heavy atom. The zero-order chi connectivity index (χ0) is 19.5. The molecule has 0 radical (unpaired) electrons. The van der Waals surface area contributed by atoms with Crippen molar-refractivity contribution in [3.63, 3.8) is 0 Å². The van der Waals surface area contributed by atoms with Gasteiger partial charge < -0.3 is 14.4 Å². The molecular weight excluding hydrogens is 368 g/mol. The molecule has 1 aromatic heterocycles. The maximum Gasteiger partial charge on any atom is 0.244 e. The SMILES string of the molecule is Cc1ccnn1CC(=O)N1C[C@H](c2ccc3c(c2)OCO3)[C@H]2[C@@H]1C1CCN2CC1. The van der Waals surface area contributed by atoms with Crippen LogP contribution in [-0.4, -0.2) is 64.0 Å². The van der Waals surface area contributed by atoms with Crippen molar-refractivity contribution in [2.24, 2.45) is 5.92 Å². The van der Waals surface area contributed by atoms with Crippen molar-refractivity contribution >= 4 is 5.91 Å². The van der Waals surface area contributed by atoms with E-state index in [4.69, 9.17) is 9.47 Å². The third-order valence-electron chi connectivity index (χ3n) is 7.35. The summed E-state index contributed by atoms with van der Waals surface area (Å²) in [7, 11) is 0. The van der Waals surface area contributed by atoms with Crippen LogP contribution in [0, 0.1) is 12.8 Å². The smallest absolute Gasteiger partial charge is 0.244 e. The Hall–Kier alpha value is -2.54. The van der Waals surface area contributed by atoms with Gasteiger partial charge in [-0.3, -0.25) is 14.4 Å². The second kappa shape index (κ2) is 6.49. The number of hydrogen-bond donors (Lipinski definition) is 0. The average molecular weight is 394 g/mol. The molecule has 0 N–H and O–H groups in total. The van der Waals surface area contributed by atoms with Crippen LogP contribution >= 0.6 is 0 Å². The van der Waals surface area contributed by atoms with Gasteiger partial charge in [-0.25, -0.2) is 0 Å². The van der Waals surface area contributed by atoms with Crippen LogP contribution in [0.25, 0.3) is 0 Å². The fraction of sp³-hybridized carbons (Fsp3) is 0.545. The topological polar surface area (TPSA) is 59.8 Å². The maximum atomic E-state index is 13.4. The first-order chi connectivity index (χ1) is 14.2. The largest absolute Gasteiger partial charge is 0.454 e. The van der Waals surface area contributed by atoms with E-state index in [0.29, 0.717) is 30.5 Å². The second-order valence-electron chi connectivity index (χ2n) is 8.75. The summed E-state index contributed by atoms with van der Waals surface area (Å²) in [5, 5.41) is 4.32. The van der Waals surface area contributed by atoms with E-state index in [-0.39, 0.29) is 12.7 Å². The number of aryl methyl sites for hydroxylation is 1. The summed E-state index contributed by atoms with van der Waals surface area (Å²) in [4.78, 5) is 18.1. The Balaban J connectivity index is 1.33. The average Bonchev–Trinajstić information content (AvgIpc) is 3.47. The van der Waals surface area contributed by atoms with Gasteiger partial charge in [0.2, 0.25) is 12.7 Å². The summed E-state index contributed by atoms with van der Waals surface area (Å²) in [6.45, 7) is 5.67. The molecule has 5 aliphatic rings. The molecule has 1 amide bonds. The number of rotatable bonds is 3. The number of nitrogens with zero attached hydrogens (tertiary/aromatic N) is 4. The Labute approximate surface area is 170 Å². The van der Waals surface area contributed by atoms with Crippen LogP contribution in [0.5, 0.6) is 11.5 Å². The summed E-state index contributed by atoms with van der Waals surface area (Å²) in [5.74, 6) is 2.73.